The summed E-state index contributed by atoms with van der Waals surface area (Å²) >= 11 is 0. The third kappa shape index (κ3) is 11.1. The van der Waals surface area contributed by atoms with Gasteiger partial charge in [0.25, 0.3) is 0 Å². The largest absolute Gasteiger partial charge is 0.494 e. The molecule has 9 heteroatoms. The summed E-state index contributed by atoms with van der Waals surface area (Å²) < 4.78 is 35.6. The Labute approximate surface area is 230 Å². The van der Waals surface area contributed by atoms with Crippen molar-refractivity contribution in [1.82, 2.24) is 4.90 Å². The molecule has 1 unspecified atom stereocenters. The topological polar surface area (TPSA) is 94.5 Å². The lowest BCUT2D eigenvalue weighted by molar-refractivity contribution is -0.149. The monoisotopic (exact) mass is 545 g/mol. The zero-order valence-electron chi connectivity index (χ0n) is 22.7. The zero-order valence-corrected chi connectivity index (χ0v) is 22.7. The van der Waals surface area contributed by atoms with Gasteiger partial charge >= 0.3 is 12.1 Å². The molecular formula is C30H40FNO7. The van der Waals surface area contributed by atoms with Crippen molar-refractivity contribution in [2.45, 2.75) is 70.5 Å². The van der Waals surface area contributed by atoms with Gasteiger partial charge in [-0.2, -0.15) is 0 Å². The number of nitrogens with zero attached hydrogens (tertiary/aromatic N) is 1. The predicted octanol–water partition coefficient (Wildman–Crippen LogP) is 5.87. The highest BCUT2D eigenvalue weighted by molar-refractivity contribution is 5.72. The van der Waals surface area contributed by atoms with Crippen molar-refractivity contribution < 1.29 is 38.0 Å². The maximum Gasteiger partial charge on any atom is 0.410 e. The van der Waals surface area contributed by atoms with Gasteiger partial charge in [-0.3, -0.25) is 0 Å². The molecule has 1 atom stereocenters. The number of amides is 1. The molecule has 1 amide bonds. The molecule has 0 aliphatic heterocycles. The van der Waals surface area contributed by atoms with Crippen LogP contribution in [0.15, 0.2) is 48.5 Å². The summed E-state index contributed by atoms with van der Waals surface area (Å²) in [7, 11) is 0. The Balaban J connectivity index is 1.46. The van der Waals surface area contributed by atoms with Gasteiger partial charge in [0, 0.05) is 19.6 Å². The summed E-state index contributed by atoms with van der Waals surface area (Å²) in [6.07, 6.45) is 5.63. The van der Waals surface area contributed by atoms with Crippen LogP contribution >= 0.6 is 0 Å². The predicted molar refractivity (Wildman–Crippen MR) is 145 cm³/mol. The molecule has 1 saturated carbocycles. The number of aliphatic carboxylic acids is 1. The minimum Gasteiger partial charge on any atom is -0.494 e. The number of ether oxygens (including phenoxy) is 4. The van der Waals surface area contributed by atoms with E-state index in [0.29, 0.717) is 44.4 Å². The minimum atomic E-state index is -0.987. The zero-order chi connectivity index (χ0) is 27.9. The first-order chi connectivity index (χ1) is 18.9. The fourth-order valence-corrected chi connectivity index (χ4v) is 4.45. The Morgan fingerprint density at radius 1 is 0.923 bits per heavy atom. The Hall–Kier alpha value is -3.33. The molecule has 0 heterocycles. The molecule has 214 valence electrons. The highest BCUT2D eigenvalue weighted by Gasteiger charge is 2.22. The van der Waals surface area contributed by atoms with E-state index in [4.69, 9.17) is 18.9 Å². The molecule has 1 fully saturated rings. The summed E-state index contributed by atoms with van der Waals surface area (Å²) in [5.41, 5.74) is 0.837. The molecule has 0 radical (unpaired) electrons. The number of carbonyl (C=O) groups is 2. The molecule has 1 aliphatic rings. The number of carbonyl (C=O) groups excluding carboxylic acids is 1. The maximum absolute atomic E-state index is 13.0. The Morgan fingerprint density at radius 2 is 1.56 bits per heavy atom. The highest BCUT2D eigenvalue weighted by atomic mass is 19.1. The normalized spacial score (nSPS) is 14.4. The fourth-order valence-electron chi connectivity index (χ4n) is 4.45. The van der Waals surface area contributed by atoms with E-state index in [-0.39, 0.29) is 24.4 Å². The van der Waals surface area contributed by atoms with E-state index in [0.717, 1.165) is 44.1 Å². The second-order valence-electron chi connectivity index (χ2n) is 9.62. The van der Waals surface area contributed by atoms with Gasteiger partial charge < -0.3 is 29.0 Å². The molecular weight excluding hydrogens is 505 g/mol. The van der Waals surface area contributed by atoms with Gasteiger partial charge in [-0.25, -0.2) is 14.0 Å². The number of carboxylic acids is 1. The van der Waals surface area contributed by atoms with Crippen LogP contribution in [-0.2, 0) is 20.7 Å². The molecule has 1 aliphatic carbocycles. The van der Waals surface area contributed by atoms with E-state index >= 15 is 0 Å². The standard InChI is InChI=1S/C30H40FNO7/c1-2-36-28(29(33)34)22-23-10-14-25(15-11-23)38-21-19-32(30(35)39-27-8-4-3-5-9-27)18-6-7-20-37-26-16-12-24(31)13-17-26/h10-17,27-28H,2-9,18-22H2,1H3,(H,33,34). The maximum atomic E-state index is 13.0. The number of benzene rings is 2. The number of carboxylic acid groups (broad SMARTS) is 1. The van der Waals surface area contributed by atoms with Gasteiger partial charge in [-0.1, -0.05) is 18.6 Å². The first-order valence-electron chi connectivity index (χ1n) is 13.8. The van der Waals surface area contributed by atoms with Crippen molar-refractivity contribution in [1.29, 1.82) is 0 Å². The number of unbranched alkanes of at least 4 members (excludes halogenated alkanes) is 1. The fraction of sp³-hybridized carbons (Fsp3) is 0.533. The molecule has 8 nitrogen and oxygen atoms in total. The summed E-state index contributed by atoms with van der Waals surface area (Å²) in [6, 6.07) is 13.1. The van der Waals surface area contributed by atoms with Gasteiger partial charge in [0.05, 0.1) is 13.2 Å². The third-order valence-corrected chi connectivity index (χ3v) is 6.60. The Kier molecular flexibility index (Phi) is 12.9. The van der Waals surface area contributed by atoms with Crippen molar-refractivity contribution in [3.8, 4) is 11.5 Å². The molecule has 1 N–H and O–H groups in total. The van der Waals surface area contributed by atoms with Crippen LogP contribution in [0.4, 0.5) is 9.18 Å². The Morgan fingerprint density at radius 3 is 2.21 bits per heavy atom. The first-order valence-corrected chi connectivity index (χ1v) is 13.8. The van der Waals surface area contributed by atoms with Gasteiger partial charge in [0.2, 0.25) is 0 Å². The molecule has 0 bridgehead atoms. The summed E-state index contributed by atoms with van der Waals surface area (Å²) in [4.78, 5) is 26.0. The second-order valence-corrected chi connectivity index (χ2v) is 9.62. The van der Waals surface area contributed by atoms with E-state index in [9.17, 15) is 19.1 Å². The number of halogens is 1. The van der Waals surface area contributed by atoms with Crippen LogP contribution in [0.25, 0.3) is 0 Å². The smallest absolute Gasteiger partial charge is 0.410 e. The molecule has 39 heavy (non-hydrogen) atoms. The van der Waals surface area contributed by atoms with Gasteiger partial charge in [0.1, 0.15) is 30.0 Å². The number of rotatable bonds is 16. The van der Waals surface area contributed by atoms with Crippen LogP contribution in [0, 0.1) is 5.82 Å². The summed E-state index contributed by atoms with van der Waals surface area (Å²) in [5.74, 6) is -0.0449. The quantitative estimate of drug-likeness (QED) is 0.264. The van der Waals surface area contributed by atoms with Crippen molar-refractivity contribution >= 4 is 12.1 Å². The lowest BCUT2D eigenvalue weighted by atomic mass is 9.98. The van der Waals surface area contributed by atoms with Crippen LogP contribution in [-0.4, -0.2) is 67.2 Å². The summed E-state index contributed by atoms with van der Waals surface area (Å²) in [5, 5.41) is 9.28. The average molecular weight is 546 g/mol. The van der Waals surface area contributed by atoms with Crippen LogP contribution in [0.2, 0.25) is 0 Å². The number of hydrogen-bond donors (Lipinski definition) is 1. The van der Waals surface area contributed by atoms with Crippen LogP contribution in [0.1, 0.15) is 57.4 Å². The lowest BCUT2D eigenvalue weighted by Gasteiger charge is -2.27. The first kappa shape index (κ1) is 30.2. The van der Waals surface area contributed by atoms with Crippen molar-refractivity contribution in [3.05, 3.63) is 59.9 Å². The van der Waals surface area contributed by atoms with E-state index in [1.165, 1.54) is 18.6 Å². The highest BCUT2D eigenvalue weighted by Crippen LogP contribution is 2.21. The van der Waals surface area contributed by atoms with E-state index in [1.807, 2.05) is 12.1 Å². The summed E-state index contributed by atoms with van der Waals surface area (Å²) in [6.45, 7) is 3.74. The molecule has 2 aromatic carbocycles. The molecule has 2 aromatic rings. The molecule has 0 aromatic heterocycles. The molecule has 0 saturated heterocycles. The number of hydrogen-bond acceptors (Lipinski definition) is 6. The minimum absolute atomic E-state index is 0.0321. The van der Waals surface area contributed by atoms with E-state index in [1.54, 1.807) is 36.1 Å². The Bertz CT molecular complexity index is 993. The molecule has 3 rings (SSSR count). The van der Waals surface area contributed by atoms with Crippen LogP contribution < -0.4 is 9.47 Å². The van der Waals surface area contributed by atoms with Crippen LogP contribution in [0.5, 0.6) is 11.5 Å². The van der Waals surface area contributed by atoms with Crippen LogP contribution in [0.3, 0.4) is 0 Å². The van der Waals surface area contributed by atoms with E-state index in [2.05, 4.69) is 0 Å². The van der Waals surface area contributed by atoms with Gasteiger partial charge in [-0.15, -0.1) is 0 Å². The van der Waals surface area contributed by atoms with Gasteiger partial charge in [-0.05, 0) is 87.4 Å². The van der Waals surface area contributed by atoms with E-state index < -0.39 is 12.1 Å². The third-order valence-electron chi connectivity index (χ3n) is 6.60. The van der Waals surface area contributed by atoms with Crippen molar-refractivity contribution in [2.75, 3.05) is 32.9 Å². The molecule has 0 spiro atoms. The second kappa shape index (κ2) is 16.6. The van der Waals surface area contributed by atoms with Crippen molar-refractivity contribution in [2.24, 2.45) is 0 Å². The van der Waals surface area contributed by atoms with Crippen molar-refractivity contribution in [3.63, 3.8) is 0 Å². The van der Waals surface area contributed by atoms with Gasteiger partial charge in [0.15, 0.2) is 6.10 Å². The average Bonchev–Trinajstić information content (AvgIpc) is 2.94. The lowest BCUT2D eigenvalue weighted by Crippen LogP contribution is -2.38. The SMILES string of the molecule is CCOC(Cc1ccc(OCCN(CCCCOc2ccc(F)cc2)C(=O)OC2CCCCC2)cc1)C(=O)O.